The van der Waals surface area contributed by atoms with Crippen LogP contribution in [0.4, 0.5) is 19.0 Å². The Kier molecular flexibility index (Phi) is 5.05. The minimum atomic E-state index is -4.48. The van der Waals surface area contributed by atoms with Gasteiger partial charge >= 0.3 is 6.18 Å². The van der Waals surface area contributed by atoms with Crippen molar-refractivity contribution in [2.45, 2.75) is 32.0 Å². The lowest BCUT2D eigenvalue weighted by Crippen LogP contribution is -2.48. The second-order valence-electron chi connectivity index (χ2n) is 7.12. The molecule has 0 atom stereocenters. The number of fused-ring (bicyclic) bond motifs is 1. The smallest absolute Gasteiger partial charge is 0.354 e. The van der Waals surface area contributed by atoms with Crippen molar-refractivity contribution < 1.29 is 13.2 Å². The van der Waals surface area contributed by atoms with E-state index in [1.165, 1.54) is 4.68 Å². The number of nitrogens with zero attached hydrogens (tertiary/aromatic N) is 6. The van der Waals surface area contributed by atoms with Crippen molar-refractivity contribution in [2.75, 3.05) is 37.6 Å². The Morgan fingerprint density at radius 3 is 2.54 bits per heavy atom. The molecule has 0 aromatic carbocycles. The van der Waals surface area contributed by atoms with Gasteiger partial charge in [0.25, 0.3) is 5.56 Å². The van der Waals surface area contributed by atoms with Crippen LogP contribution in [0.15, 0.2) is 23.3 Å². The number of rotatable bonds is 4. The third kappa shape index (κ3) is 4.01. The maximum atomic E-state index is 12.8. The molecule has 4 rings (SSSR count). The van der Waals surface area contributed by atoms with Crippen LogP contribution in [0, 0.1) is 0 Å². The number of halogens is 3. The number of hydrogen-bond acceptors (Lipinski definition) is 6. The first kappa shape index (κ1) is 18.9. The van der Waals surface area contributed by atoms with Gasteiger partial charge in [0.2, 0.25) is 0 Å². The lowest BCUT2D eigenvalue weighted by molar-refractivity contribution is -0.141. The zero-order chi connectivity index (χ0) is 19.7. The van der Waals surface area contributed by atoms with Crippen molar-refractivity contribution in [1.29, 1.82) is 0 Å². The number of anilines is 1. The highest BCUT2D eigenvalue weighted by atomic mass is 19.4. The third-order valence-electron chi connectivity index (χ3n) is 5.29. The van der Waals surface area contributed by atoms with Gasteiger partial charge in [-0.2, -0.15) is 18.3 Å². The molecule has 150 valence electrons. The fourth-order valence-corrected chi connectivity index (χ4v) is 3.71. The number of aryl methyl sites for hydroxylation is 2. The Morgan fingerprint density at radius 1 is 1.00 bits per heavy atom. The van der Waals surface area contributed by atoms with Gasteiger partial charge in [0.15, 0.2) is 0 Å². The van der Waals surface area contributed by atoms with E-state index >= 15 is 0 Å². The molecule has 1 saturated heterocycles. The van der Waals surface area contributed by atoms with Crippen molar-refractivity contribution in [3.05, 3.63) is 45.8 Å². The van der Waals surface area contributed by atoms with Crippen LogP contribution in [0.5, 0.6) is 0 Å². The van der Waals surface area contributed by atoms with E-state index in [-0.39, 0.29) is 5.56 Å². The van der Waals surface area contributed by atoms with Crippen LogP contribution in [0.1, 0.15) is 23.4 Å². The lowest BCUT2D eigenvalue weighted by atomic mass is 10.2. The molecule has 1 aliphatic heterocycles. The molecule has 0 bridgehead atoms. The Morgan fingerprint density at radius 2 is 1.79 bits per heavy atom. The summed E-state index contributed by atoms with van der Waals surface area (Å²) in [7, 11) is 0. The van der Waals surface area contributed by atoms with E-state index in [0.717, 1.165) is 42.9 Å². The topological polar surface area (TPSA) is 67.2 Å². The summed E-state index contributed by atoms with van der Waals surface area (Å²) in [4.78, 5) is 23.5. The van der Waals surface area contributed by atoms with Crippen LogP contribution in [0.3, 0.4) is 0 Å². The van der Waals surface area contributed by atoms with Gasteiger partial charge in [0, 0.05) is 44.9 Å². The average molecular weight is 394 g/mol. The fraction of sp³-hybridized carbons (Fsp3) is 0.556. The van der Waals surface area contributed by atoms with Crippen molar-refractivity contribution in [2.24, 2.45) is 0 Å². The normalized spacial score (nSPS) is 17.8. The first-order valence-electron chi connectivity index (χ1n) is 9.36. The molecule has 28 heavy (non-hydrogen) atoms. The molecular weight excluding hydrogens is 373 g/mol. The molecule has 0 amide bonds. The van der Waals surface area contributed by atoms with Crippen molar-refractivity contribution in [1.82, 2.24) is 24.6 Å². The van der Waals surface area contributed by atoms with Crippen LogP contribution in [0.2, 0.25) is 0 Å². The first-order chi connectivity index (χ1) is 13.4. The first-order valence-corrected chi connectivity index (χ1v) is 9.36. The number of aromatic nitrogens is 4. The van der Waals surface area contributed by atoms with Gasteiger partial charge in [0.1, 0.15) is 17.8 Å². The van der Waals surface area contributed by atoms with Gasteiger partial charge in [-0.25, -0.2) is 14.6 Å². The van der Waals surface area contributed by atoms with E-state index in [4.69, 9.17) is 0 Å². The zero-order valence-corrected chi connectivity index (χ0v) is 15.3. The molecule has 0 N–H and O–H groups in total. The minimum Gasteiger partial charge on any atom is -0.354 e. The standard InChI is InChI=1S/C18H21F3N6O/c19-18(20,21)15-11-16(23-12-22-15)26-7-4-25(5-8-26)6-9-27-17(28)10-13-2-1-3-14(13)24-27/h10-12H,1-9H2. The van der Waals surface area contributed by atoms with E-state index in [0.29, 0.717) is 45.1 Å². The van der Waals surface area contributed by atoms with E-state index in [9.17, 15) is 18.0 Å². The molecule has 0 spiro atoms. The molecule has 0 unspecified atom stereocenters. The van der Waals surface area contributed by atoms with Crippen LogP contribution in [-0.4, -0.2) is 57.4 Å². The van der Waals surface area contributed by atoms with Crippen LogP contribution in [0.25, 0.3) is 0 Å². The Hall–Kier alpha value is -2.49. The molecule has 1 aliphatic carbocycles. The van der Waals surface area contributed by atoms with Crippen LogP contribution < -0.4 is 10.5 Å². The summed E-state index contributed by atoms with van der Waals surface area (Å²) in [6.45, 7) is 3.70. The SMILES string of the molecule is O=c1cc2c(nn1CCN1CCN(c3cc(C(F)(F)F)ncn3)CC1)CCC2. The van der Waals surface area contributed by atoms with E-state index in [2.05, 4.69) is 20.0 Å². The minimum absolute atomic E-state index is 0.0695. The zero-order valence-electron chi connectivity index (χ0n) is 15.3. The lowest BCUT2D eigenvalue weighted by Gasteiger charge is -2.35. The molecule has 1 fully saturated rings. The molecule has 2 aromatic rings. The average Bonchev–Trinajstić information content (AvgIpc) is 3.13. The summed E-state index contributed by atoms with van der Waals surface area (Å²) in [5, 5.41) is 4.48. The van der Waals surface area contributed by atoms with E-state index in [1.807, 2.05) is 4.90 Å². The predicted octanol–water partition coefficient (Wildman–Crippen LogP) is 1.36. The van der Waals surface area contributed by atoms with Crippen molar-refractivity contribution >= 4 is 5.82 Å². The summed E-state index contributed by atoms with van der Waals surface area (Å²) in [5.74, 6) is 0.290. The third-order valence-corrected chi connectivity index (χ3v) is 5.29. The van der Waals surface area contributed by atoms with Gasteiger partial charge in [-0.1, -0.05) is 0 Å². The molecule has 2 aromatic heterocycles. The highest BCUT2D eigenvalue weighted by Gasteiger charge is 2.33. The summed E-state index contributed by atoms with van der Waals surface area (Å²) in [5.41, 5.74) is 1.09. The Balaban J connectivity index is 1.33. The van der Waals surface area contributed by atoms with E-state index < -0.39 is 11.9 Å². The second-order valence-corrected chi connectivity index (χ2v) is 7.12. The predicted molar refractivity (Wildman–Crippen MR) is 96.2 cm³/mol. The largest absolute Gasteiger partial charge is 0.433 e. The maximum Gasteiger partial charge on any atom is 0.433 e. The number of piperazine rings is 1. The molecule has 10 heteroatoms. The van der Waals surface area contributed by atoms with Crippen LogP contribution >= 0.6 is 0 Å². The van der Waals surface area contributed by atoms with Gasteiger partial charge in [-0.3, -0.25) is 9.69 Å². The molecule has 0 saturated carbocycles. The molecule has 0 radical (unpaired) electrons. The van der Waals surface area contributed by atoms with Gasteiger partial charge in [-0.15, -0.1) is 0 Å². The monoisotopic (exact) mass is 394 g/mol. The molecule has 3 heterocycles. The summed E-state index contributed by atoms with van der Waals surface area (Å²) >= 11 is 0. The van der Waals surface area contributed by atoms with Crippen molar-refractivity contribution in [3.8, 4) is 0 Å². The highest BCUT2D eigenvalue weighted by Crippen LogP contribution is 2.29. The number of hydrogen-bond donors (Lipinski definition) is 0. The summed E-state index contributed by atoms with van der Waals surface area (Å²) in [6, 6.07) is 2.68. The van der Waals surface area contributed by atoms with Gasteiger partial charge < -0.3 is 4.90 Å². The summed E-state index contributed by atoms with van der Waals surface area (Å²) < 4.78 is 40.0. The van der Waals surface area contributed by atoms with Crippen LogP contribution in [-0.2, 0) is 25.6 Å². The van der Waals surface area contributed by atoms with Gasteiger partial charge in [-0.05, 0) is 24.8 Å². The second kappa shape index (κ2) is 7.50. The Labute approximate surface area is 159 Å². The quantitative estimate of drug-likeness (QED) is 0.780. The van der Waals surface area contributed by atoms with Crippen molar-refractivity contribution in [3.63, 3.8) is 0 Å². The maximum absolute atomic E-state index is 12.8. The molecule has 2 aliphatic rings. The highest BCUT2D eigenvalue weighted by molar-refractivity contribution is 5.40. The van der Waals surface area contributed by atoms with Gasteiger partial charge in [0.05, 0.1) is 12.2 Å². The summed E-state index contributed by atoms with van der Waals surface area (Å²) in [6.07, 6.45) is -0.620. The Bertz CT molecular complexity index is 905. The van der Waals surface area contributed by atoms with E-state index in [1.54, 1.807) is 6.07 Å². The molecular formula is C18H21F3N6O. The number of alkyl halides is 3. The molecule has 7 nitrogen and oxygen atoms in total. The fourth-order valence-electron chi connectivity index (χ4n) is 3.71.